The average molecular weight is 493 g/mol. The van der Waals surface area contributed by atoms with Crippen LogP contribution in [-0.2, 0) is 20.4 Å². The molecule has 2 heterocycles. The van der Waals surface area contributed by atoms with Gasteiger partial charge in [-0.15, -0.1) is 0 Å². The Bertz CT molecular complexity index is 1110. The summed E-state index contributed by atoms with van der Waals surface area (Å²) in [5.41, 5.74) is -1.70. The summed E-state index contributed by atoms with van der Waals surface area (Å²) in [6, 6.07) is 4.69. The molecule has 0 spiro atoms. The highest BCUT2D eigenvalue weighted by Gasteiger charge is 2.48. The molecule has 0 radical (unpaired) electrons. The van der Waals surface area contributed by atoms with Crippen molar-refractivity contribution in [1.29, 1.82) is 0 Å². The molecule has 35 heavy (non-hydrogen) atoms. The molecule has 1 aliphatic carbocycles. The number of alkyl halides is 3. The number of esters is 2. The van der Waals surface area contributed by atoms with Gasteiger partial charge in [0, 0.05) is 11.6 Å². The van der Waals surface area contributed by atoms with Gasteiger partial charge in [0.05, 0.1) is 25.6 Å². The number of ether oxygens (including phenoxy) is 2. The van der Waals surface area contributed by atoms with Gasteiger partial charge in [-0.2, -0.15) is 18.3 Å². The molecule has 0 N–H and O–H groups in total. The van der Waals surface area contributed by atoms with Crippen LogP contribution in [0.4, 0.5) is 13.2 Å². The molecule has 1 saturated carbocycles. The quantitative estimate of drug-likeness (QED) is 0.585. The van der Waals surface area contributed by atoms with Crippen molar-refractivity contribution in [3.8, 4) is 5.69 Å². The second-order valence-corrected chi connectivity index (χ2v) is 8.68. The fourth-order valence-corrected chi connectivity index (χ4v) is 5.17. The van der Waals surface area contributed by atoms with E-state index in [1.54, 1.807) is 4.90 Å². The molecule has 1 aliphatic heterocycles. The Hall–Kier alpha value is -3.37. The molecule has 2 fully saturated rings. The molecule has 1 aromatic carbocycles. The number of carbonyl (C=O) groups excluding carboxylic acids is 3. The Morgan fingerprint density at radius 2 is 1.80 bits per heavy atom. The number of carbonyl (C=O) groups is 3. The minimum Gasteiger partial charge on any atom is -0.467 e. The van der Waals surface area contributed by atoms with Crippen molar-refractivity contribution in [3.05, 3.63) is 47.3 Å². The third kappa shape index (κ3) is 4.63. The van der Waals surface area contributed by atoms with Crippen molar-refractivity contribution in [3.63, 3.8) is 0 Å². The monoisotopic (exact) mass is 493 g/mol. The lowest BCUT2D eigenvalue weighted by atomic mass is 9.84. The maximum Gasteiger partial charge on any atom is 0.434 e. The molecule has 4 rings (SSSR count). The lowest BCUT2D eigenvalue weighted by Crippen LogP contribution is -2.46. The normalized spacial score (nSPS) is 22.0. The SMILES string of the molecule is CCOC(=O)c1cnn(-c2ccc(C(=O)N3C(C(=O)OC)CC4CCCCC43)cc2)c1C(F)(F)F. The third-order valence-corrected chi connectivity index (χ3v) is 6.69. The first-order valence-corrected chi connectivity index (χ1v) is 11.5. The van der Waals surface area contributed by atoms with Crippen LogP contribution in [0.15, 0.2) is 30.5 Å². The molecule has 1 aromatic heterocycles. The fourth-order valence-electron chi connectivity index (χ4n) is 5.17. The van der Waals surface area contributed by atoms with E-state index in [-0.39, 0.29) is 35.7 Å². The summed E-state index contributed by atoms with van der Waals surface area (Å²) < 4.78 is 51.6. The Labute approximate surface area is 200 Å². The van der Waals surface area contributed by atoms with Crippen molar-refractivity contribution in [2.24, 2.45) is 5.92 Å². The highest BCUT2D eigenvalue weighted by Crippen LogP contribution is 2.41. The Kier molecular flexibility index (Phi) is 6.86. The standard InChI is InChI=1S/C24H26F3N3O5/c1-3-35-22(32)17-13-28-30(20(17)24(25,26)27)16-10-8-14(9-11-16)21(31)29-18-7-5-4-6-15(18)12-19(29)23(33)34-2/h8-11,13,15,18-19H,3-7,12H2,1-2H3. The maximum atomic E-state index is 13.8. The van der Waals surface area contributed by atoms with E-state index in [2.05, 4.69) is 5.10 Å². The molecule has 1 amide bonds. The van der Waals surface area contributed by atoms with E-state index in [4.69, 9.17) is 9.47 Å². The molecule has 3 atom stereocenters. The van der Waals surface area contributed by atoms with Crippen molar-refractivity contribution >= 4 is 17.8 Å². The number of nitrogens with zero attached hydrogens (tertiary/aromatic N) is 3. The number of hydrogen-bond acceptors (Lipinski definition) is 6. The summed E-state index contributed by atoms with van der Waals surface area (Å²) in [6.07, 6.45) is 0.218. The zero-order valence-corrected chi connectivity index (χ0v) is 19.4. The third-order valence-electron chi connectivity index (χ3n) is 6.69. The van der Waals surface area contributed by atoms with Gasteiger partial charge in [0.1, 0.15) is 11.6 Å². The lowest BCUT2D eigenvalue weighted by molar-refractivity contribution is -0.145. The molecule has 2 aromatic rings. The second-order valence-electron chi connectivity index (χ2n) is 8.68. The zero-order valence-electron chi connectivity index (χ0n) is 19.4. The summed E-state index contributed by atoms with van der Waals surface area (Å²) in [5.74, 6) is -1.74. The first-order chi connectivity index (χ1) is 16.7. The Balaban J connectivity index is 1.65. The maximum absolute atomic E-state index is 13.8. The van der Waals surface area contributed by atoms with Crippen LogP contribution < -0.4 is 0 Å². The zero-order chi connectivity index (χ0) is 25.3. The number of rotatable bonds is 5. The van der Waals surface area contributed by atoms with Gasteiger partial charge in [0.2, 0.25) is 0 Å². The molecule has 8 nitrogen and oxygen atoms in total. The number of hydrogen-bond donors (Lipinski definition) is 0. The molecule has 11 heteroatoms. The largest absolute Gasteiger partial charge is 0.467 e. The molecule has 188 valence electrons. The van der Waals surface area contributed by atoms with Crippen molar-refractivity contribution in [2.75, 3.05) is 13.7 Å². The minimum atomic E-state index is -4.87. The van der Waals surface area contributed by atoms with Crippen LogP contribution in [0.2, 0.25) is 0 Å². The van der Waals surface area contributed by atoms with E-state index in [0.717, 1.165) is 31.9 Å². The number of fused-ring (bicyclic) bond motifs is 1. The van der Waals surface area contributed by atoms with E-state index in [1.807, 2.05) is 0 Å². The number of methoxy groups -OCH3 is 1. The molecular weight excluding hydrogens is 467 g/mol. The van der Waals surface area contributed by atoms with E-state index < -0.39 is 35.4 Å². The van der Waals surface area contributed by atoms with Gasteiger partial charge in [-0.05, 0) is 56.4 Å². The summed E-state index contributed by atoms with van der Waals surface area (Å²) in [7, 11) is 1.29. The van der Waals surface area contributed by atoms with E-state index >= 15 is 0 Å². The van der Waals surface area contributed by atoms with Crippen LogP contribution >= 0.6 is 0 Å². The van der Waals surface area contributed by atoms with Gasteiger partial charge in [0.25, 0.3) is 5.91 Å². The Morgan fingerprint density at radius 1 is 1.11 bits per heavy atom. The number of benzene rings is 1. The van der Waals surface area contributed by atoms with Gasteiger partial charge in [0.15, 0.2) is 5.69 Å². The van der Waals surface area contributed by atoms with Crippen LogP contribution in [0.1, 0.15) is 65.4 Å². The molecule has 1 saturated heterocycles. The molecule has 3 unspecified atom stereocenters. The summed E-state index contributed by atoms with van der Waals surface area (Å²) >= 11 is 0. The van der Waals surface area contributed by atoms with Crippen LogP contribution in [-0.4, -0.2) is 58.3 Å². The van der Waals surface area contributed by atoms with Crippen LogP contribution in [0.25, 0.3) is 5.69 Å². The van der Waals surface area contributed by atoms with E-state index in [9.17, 15) is 27.6 Å². The summed E-state index contributed by atoms with van der Waals surface area (Å²) in [5, 5.41) is 3.75. The fraction of sp³-hybridized carbons (Fsp3) is 0.500. The second kappa shape index (κ2) is 9.71. The number of aromatic nitrogens is 2. The van der Waals surface area contributed by atoms with Crippen LogP contribution in [0.5, 0.6) is 0 Å². The number of amides is 1. The smallest absolute Gasteiger partial charge is 0.434 e. The van der Waals surface area contributed by atoms with Crippen molar-refractivity contribution in [1.82, 2.24) is 14.7 Å². The molecule has 2 aliphatic rings. The van der Waals surface area contributed by atoms with E-state index in [1.165, 1.54) is 38.3 Å². The van der Waals surface area contributed by atoms with Crippen molar-refractivity contribution in [2.45, 2.75) is 57.3 Å². The van der Waals surface area contributed by atoms with E-state index in [0.29, 0.717) is 11.1 Å². The first kappa shape index (κ1) is 24.7. The molecular formula is C24H26F3N3O5. The Morgan fingerprint density at radius 3 is 2.43 bits per heavy atom. The van der Waals surface area contributed by atoms with Gasteiger partial charge in [-0.3, -0.25) is 4.79 Å². The predicted octanol–water partition coefficient (Wildman–Crippen LogP) is 4.01. The van der Waals surface area contributed by atoms with Crippen LogP contribution in [0.3, 0.4) is 0 Å². The topological polar surface area (TPSA) is 90.7 Å². The van der Waals surface area contributed by atoms with Gasteiger partial charge >= 0.3 is 18.1 Å². The number of likely N-dealkylation sites (tertiary alicyclic amines) is 1. The summed E-state index contributed by atoms with van der Waals surface area (Å²) in [6.45, 7) is 1.41. The lowest BCUT2D eigenvalue weighted by Gasteiger charge is -2.33. The van der Waals surface area contributed by atoms with Gasteiger partial charge < -0.3 is 14.4 Å². The predicted molar refractivity (Wildman–Crippen MR) is 117 cm³/mol. The highest BCUT2D eigenvalue weighted by molar-refractivity contribution is 5.97. The molecule has 0 bridgehead atoms. The van der Waals surface area contributed by atoms with Gasteiger partial charge in [-0.1, -0.05) is 12.8 Å². The van der Waals surface area contributed by atoms with Gasteiger partial charge in [-0.25, -0.2) is 14.3 Å². The van der Waals surface area contributed by atoms with Crippen LogP contribution in [0, 0.1) is 5.92 Å². The summed E-state index contributed by atoms with van der Waals surface area (Å²) in [4.78, 5) is 39.4. The highest BCUT2D eigenvalue weighted by atomic mass is 19.4. The number of halogens is 3. The van der Waals surface area contributed by atoms with Crippen molar-refractivity contribution < 1.29 is 37.0 Å². The average Bonchev–Trinajstić information content (AvgIpc) is 3.46. The first-order valence-electron chi connectivity index (χ1n) is 11.5. The minimum absolute atomic E-state index is 0.0194.